The molecule has 0 saturated carbocycles. The number of amides is 1. The van der Waals surface area contributed by atoms with Crippen molar-refractivity contribution in [3.05, 3.63) is 95.8 Å². The maximum absolute atomic E-state index is 14.9. The highest BCUT2D eigenvalue weighted by atomic mass is 19.1. The van der Waals surface area contributed by atoms with Gasteiger partial charge in [-0.1, -0.05) is 12.1 Å². The molecule has 8 heteroatoms. The van der Waals surface area contributed by atoms with Gasteiger partial charge >= 0.3 is 0 Å². The van der Waals surface area contributed by atoms with E-state index >= 15 is 0 Å². The molecule has 0 saturated heterocycles. The van der Waals surface area contributed by atoms with Gasteiger partial charge in [-0.2, -0.15) is 5.10 Å². The lowest BCUT2D eigenvalue weighted by atomic mass is 10.0. The molecule has 0 bridgehead atoms. The summed E-state index contributed by atoms with van der Waals surface area (Å²) >= 11 is 0. The van der Waals surface area contributed by atoms with Crippen molar-refractivity contribution < 1.29 is 18.7 Å². The summed E-state index contributed by atoms with van der Waals surface area (Å²) in [6.45, 7) is -0.117. The number of carbonyl (C=O) groups excluding carboxylic acids is 1. The Balaban J connectivity index is 1.61. The van der Waals surface area contributed by atoms with E-state index in [1.54, 1.807) is 30.5 Å². The van der Waals surface area contributed by atoms with E-state index in [0.717, 1.165) is 5.69 Å². The molecule has 2 aromatic heterocycles. The standard InChI is InChI=1S/C25H22F2N4O2/c26-17-9-7-16(8-10-17)22-15-23(31-30-22)24-20(5-3-6-21(24)27)25(33)29-19(11-13-32)14-18-4-1-2-12-28-18/h1-10,12,15,19,32H,11,13-14H2,(H,29,33)(H,30,31)/t19-/m1/s1. The number of aromatic amines is 1. The maximum atomic E-state index is 14.9. The highest BCUT2D eigenvalue weighted by Crippen LogP contribution is 2.29. The van der Waals surface area contributed by atoms with Crippen LogP contribution in [0.3, 0.4) is 0 Å². The first-order chi connectivity index (χ1) is 16.0. The Hall–Kier alpha value is -3.91. The monoisotopic (exact) mass is 448 g/mol. The van der Waals surface area contributed by atoms with Gasteiger partial charge in [0.15, 0.2) is 0 Å². The summed E-state index contributed by atoms with van der Waals surface area (Å²) in [7, 11) is 0. The third kappa shape index (κ3) is 5.30. The Morgan fingerprint density at radius 1 is 1.06 bits per heavy atom. The number of benzene rings is 2. The first kappa shape index (κ1) is 22.3. The van der Waals surface area contributed by atoms with Crippen molar-refractivity contribution in [2.75, 3.05) is 6.61 Å². The molecule has 0 unspecified atom stereocenters. The first-order valence-electron chi connectivity index (χ1n) is 10.5. The Morgan fingerprint density at radius 3 is 2.61 bits per heavy atom. The zero-order valence-electron chi connectivity index (χ0n) is 17.6. The molecule has 0 spiro atoms. The topological polar surface area (TPSA) is 90.9 Å². The highest BCUT2D eigenvalue weighted by Gasteiger charge is 2.22. The van der Waals surface area contributed by atoms with Crippen LogP contribution in [-0.2, 0) is 6.42 Å². The predicted molar refractivity (Wildman–Crippen MR) is 120 cm³/mol. The Bertz CT molecular complexity index is 1230. The fourth-order valence-electron chi connectivity index (χ4n) is 3.62. The number of pyridine rings is 1. The van der Waals surface area contributed by atoms with Gasteiger partial charge in [0.1, 0.15) is 11.6 Å². The minimum atomic E-state index is -0.594. The second kappa shape index (κ2) is 10.1. The van der Waals surface area contributed by atoms with Gasteiger partial charge in [-0.05, 0) is 66.6 Å². The number of hydrogen-bond acceptors (Lipinski definition) is 4. The van der Waals surface area contributed by atoms with Gasteiger partial charge in [-0.25, -0.2) is 8.78 Å². The average Bonchev–Trinajstić information content (AvgIpc) is 3.30. The molecule has 2 heterocycles. The molecule has 0 aliphatic carbocycles. The summed E-state index contributed by atoms with van der Waals surface area (Å²) < 4.78 is 28.1. The van der Waals surface area contributed by atoms with Gasteiger partial charge in [0.05, 0.1) is 22.5 Å². The number of rotatable bonds is 8. The van der Waals surface area contributed by atoms with E-state index in [1.165, 1.54) is 30.3 Å². The number of aliphatic hydroxyl groups is 1. The minimum Gasteiger partial charge on any atom is -0.396 e. The van der Waals surface area contributed by atoms with E-state index in [-0.39, 0.29) is 35.3 Å². The normalized spacial score (nSPS) is 11.8. The Morgan fingerprint density at radius 2 is 1.88 bits per heavy atom. The third-order valence-corrected chi connectivity index (χ3v) is 5.24. The molecule has 0 radical (unpaired) electrons. The van der Waals surface area contributed by atoms with E-state index in [4.69, 9.17) is 0 Å². The molecular formula is C25H22F2N4O2. The first-order valence-corrected chi connectivity index (χ1v) is 10.5. The molecule has 1 atom stereocenters. The molecule has 0 fully saturated rings. The molecule has 168 valence electrons. The highest BCUT2D eigenvalue weighted by molar-refractivity contribution is 6.01. The van der Waals surface area contributed by atoms with Crippen molar-refractivity contribution in [3.8, 4) is 22.5 Å². The van der Waals surface area contributed by atoms with Crippen LogP contribution in [0.15, 0.2) is 72.9 Å². The molecule has 0 aliphatic rings. The van der Waals surface area contributed by atoms with Crippen molar-refractivity contribution in [2.24, 2.45) is 0 Å². The van der Waals surface area contributed by atoms with Crippen molar-refractivity contribution >= 4 is 5.91 Å². The van der Waals surface area contributed by atoms with E-state index in [0.29, 0.717) is 24.1 Å². The van der Waals surface area contributed by atoms with Gasteiger partial charge in [-0.3, -0.25) is 14.9 Å². The summed E-state index contributed by atoms with van der Waals surface area (Å²) in [6, 6.07) is 16.8. The SMILES string of the molecule is O=C(N[C@H](CCO)Cc1ccccn1)c1cccc(F)c1-c1cc(-c2ccc(F)cc2)[nH]n1. The van der Waals surface area contributed by atoms with Gasteiger partial charge in [0.25, 0.3) is 5.91 Å². The number of nitrogens with zero attached hydrogens (tertiary/aromatic N) is 2. The molecule has 0 aliphatic heterocycles. The third-order valence-electron chi connectivity index (χ3n) is 5.24. The molecule has 3 N–H and O–H groups in total. The van der Waals surface area contributed by atoms with Crippen LogP contribution < -0.4 is 5.32 Å². The molecular weight excluding hydrogens is 426 g/mol. The van der Waals surface area contributed by atoms with Gasteiger partial charge in [0, 0.05) is 31.0 Å². The lowest BCUT2D eigenvalue weighted by Crippen LogP contribution is -2.37. The molecule has 4 rings (SSSR count). The van der Waals surface area contributed by atoms with Crippen molar-refractivity contribution in [1.82, 2.24) is 20.5 Å². The van der Waals surface area contributed by atoms with E-state index in [2.05, 4.69) is 20.5 Å². The number of hydrogen-bond donors (Lipinski definition) is 3. The summed E-state index contributed by atoms with van der Waals surface area (Å²) in [5, 5.41) is 19.3. The number of aromatic nitrogens is 3. The van der Waals surface area contributed by atoms with Gasteiger partial charge < -0.3 is 10.4 Å². The summed E-state index contributed by atoms with van der Waals surface area (Å²) in [5.74, 6) is -1.44. The lowest BCUT2D eigenvalue weighted by Gasteiger charge is -2.18. The van der Waals surface area contributed by atoms with E-state index in [1.807, 2.05) is 12.1 Å². The van der Waals surface area contributed by atoms with Crippen LogP contribution in [0.25, 0.3) is 22.5 Å². The number of halogens is 2. The van der Waals surface area contributed by atoms with Crippen molar-refractivity contribution in [3.63, 3.8) is 0 Å². The fraction of sp³-hybridized carbons (Fsp3) is 0.160. The zero-order valence-corrected chi connectivity index (χ0v) is 17.6. The maximum Gasteiger partial charge on any atom is 0.252 e. The summed E-state index contributed by atoms with van der Waals surface area (Å²) in [4.78, 5) is 17.4. The second-order valence-corrected chi connectivity index (χ2v) is 7.54. The van der Waals surface area contributed by atoms with Crippen molar-refractivity contribution in [2.45, 2.75) is 18.9 Å². The molecule has 1 amide bonds. The molecule has 33 heavy (non-hydrogen) atoms. The van der Waals surface area contributed by atoms with E-state index in [9.17, 15) is 18.7 Å². The van der Waals surface area contributed by atoms with Crippen LogP contribution in [0, 0.1) is 11.6 Å². The van der Waals surface area contributed by atoms with Crippen LogP contribution in [0.4, 0.5) is 8.78 Å². The quantitative estimate of drug-likeness (QED) is 0.378. The van der Waals surface area contributed by atoms with Crippen molar-refractivity contribution in [1.29, 1.82) is 0 Å². The summed E-state index contributed by atoms with van der Waals surface area (Å²) in [5.41, 5.74) is 2.44. The smallest absolute Gasteiger partial charge is 0.252 e. The Labute approximate surface area is 189 Å². The van der Waals surface area contributed by atoms with Gasteiger partial charge in [0.2, 0.25) is 0 Å². The number of carbonyl (C=O) groups is 1. The van der Waals surface area contributed by atoms with Crippen LogP contribution in [-0.4, -0.2) is 38.8 Å². The molecule has 2 aromatic carbocycles. The number of aliphatic hydroxyl groups excluding tert-OH is 1. The van der Waals surface area contributed by atoms with Crippen LogP contribution >= 0.6 is 0 Å². The van der Waals surface area contributed by atoms with Crippen LogP contribution in [0.5, 0.6) is 0 Å². The predicted octanol–water partition coefficient (Wildman–Crippen LogP) is 4.14. The van der Waals surface area contributed by atoms with Crippen LogP contribution in [0.2, 0.25) is 0 Å². The number of nitrogens with one attached hydrogen (secondary N) is 2. The number of H-pyrrole nitrogens is 1. The zero-order chi connectivity index (χ0) is 23.2. The lowest BCUT2D eigenvalue weighted by molar-refractivity contribution is 0.0930. The van der Waals surface area contributed by atoms with E-state index < -0.39 is 11.7 Å². The summed E-state index contributed by atoms with van der Waals surface area (Å²) in [6.07, 6.45) is 2.41. The van der Waals surface area contributed by atoms with Gasteiger partial charge in [-0.15, -0.1) is 0 Å². The van der Waals surface area contributed by atoms with Crippen LogP contribution in [0.1, 0.15) is 22.5 Å². The molecule has 6 nitrogen and oxygen atoms in total. The second-order valence-electron chi connectivity index (χ2n) is 7.54. The average molecular weight is 448 g/mol. The minimum absolute atomic E-state index is 0.0557. The molecule has 4 aromatic rings. The fourth-order valence-corrected chi connectivity index (χ4v) is 3.62. The largest absolute Gasteiger partial charge is 0.396 e. The Kier molecular flexibility index (Phi) is 6.85.